The van der Waals surface area contributed by atoms with Crippen LogP contribution in [0.2, 0.25) is 10.0 Å². The second-order valence-electron chi connectivity index (χ2n) is 5.07. The molecule has 27 heavy (non-hydrogen) atoms. The number of rotatable bonds is 2. The van der Waals surface area contributed by atoms with Crippen LogP contribution in [-0.4, -0.2) is 15.8 Å². The molecular formula is C17H16Cl2FN7. The number of hydrogen-bond donors (Lipinski definition) is 4. The molecule has 7 N–H and O–H groups in total. The number of benzene rings is 2. The first-order chi connectivity index (χ1) is 12.9. The number of fused-ring (bicyclic) bond motifs is 1. The summed E-state index contributed by atoms with van der Waals surface area (Å²) in [7, 11) is 0. The summed E-state index contributed by atoms with van der Waals surface area (Å²) >= 11 is 11.9. The molecule has 2 aromatic carbocycles. The number of amidine groups is 1. The van der Waals surface area contributed by atoms with E-state index in [1.807, 2.05) is 0 Å². The van der Waals surface area contributed by atoms with E-state index in [2.05, 4.69) is 27.1 Å². The molecule has 1 aromatic heterocycles. The van der Waals surface area contributed by atoms with E-state index in [1.165, 1.54) is 18.5 Å². The monoisotopic (exact) mass is 407 g/mol. The normalized spacial score (nSPS) is 10.9. The average Bonchev–Trinajstić information content (AvgIpc) is 2.67. The van der Waals surface area contributed by atoms with Crippen LogP contribution in [0.3, 0.4) is 0 Å². The largest absolute Gasteiger partial charge is 0.383 e. The highest BCUT2D eigenvalue weighted by Crippen LogP contribution is 2.34. The van der Waals surface area contributed by atoms with Gasteiger partial charge in [-0.3, -0.25) is 0 Å². The number of hydrazone groups is 1. The molecule has 0 unspecified atom stereocenters. The van der Waals surface area contributed by atoms with E-state index in [0.717, 1.165) is 5.56 Å². The molecule has 0 spiro atoms. The van der Waals surface area contributed by atoms with Gasteiger partial charge in [0, 0.05) is 0 Å². The highest BCUT2D eigenvalue weighted by molar-refractivity contribution is 6.42. The van der Waals surface area contributed by atoms with Gasteiger partial charge in [-0.1, -0.05) is 41.9 Å². The fourth-order valence-electron chi connectivity index (χ4n) is 2.22. The quantitative estimate of drug-likeness (QED) is 0.223. The van der Waals surface area contributed by atoms with E-state index < -0.39 is 5.82 Å². The van der Waals surface area contributed by atoms with E-state index in [-0.39, 0.29) is 11.3 Å². The number of hydrogen-bond acceptors (Lipinski definition) is 6. The third kappa shape index (κ3) is 4.62. The van der Waals surface area contributed by atoms with Crippen molar-refractivity contribution in [3.8, 4) is 11.1 Å². The Balaban J connectivity index is 0.000000321. The fraction of sp³-hybridized carbons (Fsp3) is 0. The summed E-state index contributed by atoms with van der Waals surface area (Å²) in [5.41, 5.74) is 9.72. The molecule has 1 heterocycles. The van der Waals surface area contributed by atoms with Crippen molar-refractivity contribution in [3.05, 3.63) is 65.2 Å². The Bertz CT molecular complexity index is 1010. The van der Waals surface area contributed by atoms with E-state index in [9.17, 15) is 4.39 Å². The molecule has 3 rings (SSSR count). The molecule has 0 saturated heterocycles. The third-order valence-corrected chi connectivity index (χ3v) is 4.22. The number of nitrogens with one attached hydrogen (secondary N) is 1. The maximum absolute atomic E-state index is 13.8. The Morgan fingerprint density at radius 2 is 1.93 bits per heavy atom. The molecule has 0 bridgehead atoms. The molecule has 0 fully saturated rings. The molecule has 0 aliphatic carbocycles. The molecule has 3 aromatic rings. The number of nitrogens with two attached hydrogens (primary N) is 3. The summed E-state index contributed by atoms with van der Waals surface area (Å²) in [6.45, 7) is 3.35. The minimum Gasteiger partial charge on any atom is -0.383 e. The number of nitrogen functional groups attached to an aromatic ring is 1. The van der Waals surface area contributed by atoms with Gasteiger partial charge in [-0.05, 0) is 35.4 Å². The first kappa shape index (κ1) is 20.4. The number of hydrazine groups is 1. The summed E-state index contributed by atoms with van der Waals surface area (Å²) in [5, 5.41) is 4.52. The van der Waals surface area contributed by atoms with E-state index in [4.69, 9.17) is 40.6 Å². The molecule has 0 amide bonds. The van der Waals surface area contributed by atoms with Gasteiger partial charge in [0.05, 0.1) is 15.4 Å². The van der Waals surface area contributed by atoms with Gasteiger partial charge < -0.3 is 17.0 Å². The van der Waals surface area contributed by atoms with Crippen molar-refractivity contribution in [2.24, 2.45) is 16.8 Å². The van der Waals surface area contributed by atoms with Gasteiger partial charge in [0.15, 0.2) is 5.84 Å². The zero-order chi connectivity index (χ0) is 20.0. The maximum atomic E-state index is 13.8. The second-order valence-corrected chi connectivity index (χ2v) is 5.88. The summed E-state index contributed by atoms with van der Waals surface area (Å²) in [6, 6.07) is 8.12. The molecule has 0 aliphatic rings. The van der Waals surface area contributed by atoms with Crippen molar-refractivity contribution in [1.82, 2.24) is 15.4 Å². The van der Waals surface area contributed by atoms with E-state index >= 15 is 0 Å². The lowest BCUT2D eigenvalue weighted by Gasteiger charge is -2.09. The molecular weight excluding hydrogens is 392 g/mol. The second kappa shape index (κ2) is 9.13. The molecule has 0 aliphatic heterocycles. The van der Waals surface area contributed by atoms with Gasteiger partial charge in [0.1, 0.15) is 23.5 Å². The highest BCUT2D eigenvalue weighted by atomic mass is 35.5. The maximum Gasteiger partial charge on any atom is 0.158 e. The number of nitrogens with zero attached hydrogens (tertiary/aromatic N) is 3. The van der Waals surface area contributed by atoms with Gasteiger partial charge in [-0.2, -0.15) is 5.10 Å². The summed E-state index contributed by atoms with van der Waals surface area (Å²) in [6.07, 6.45) is 2.65. The van der Waals surface area contributed by atoms with Crippen molar-refractivity contribution in [3.63, 3.8) is 0 Å². The third-order valence-electron chi connectivity index (χ3n) is 3.48. The Morgan fingerprint density at radius 1 is 1.19 bits per heavy atom. The minimum absolute atomic E-state index is 0.182. The smallest absolute Gasteiger partial charge is 0.158 e. The molecule has 0 radical (unpaired) electrons. The standard InChI is InChI=1S/C14H8Cl2FN3.C3H8N4/c15-9-3-1-7(5-10(9)16)8-2-4-11(17)13-12(8)14(18)20-6-19-13;1-2-3(6-4)7-5/h1-6H,(H2,18,19,20);2H,1,4-5H2,(H,6,7). The zero-order valence-corrected chi connectivity index (χ0v) is 15.5. The fourth-order valence-corrected chi connectivity index (χ4v) is 2.52. The number of halogens is 3. The topological polar surface area (TPSA) is 128 Å². The van der Waals surface area contributed by atoms with Gasteiger partial charge >= 0.3 is 0 Å². The Hall–Kier alpha value is -2.94. The summed E-state index contributed by atoms with van der Waals surface area (Å²) < 4.78 is 13.8. The van der Waals surface area contributed by atoms with Crippen LogP contribution in [0.25, 0.3) is 22.0 Å². The Morgan fingerprint density at radius 3 is 2.48 bits per heavy atom. The first-order valence-corrected chi connectivity index (χ1v) is 8.19. The van der Waals surface area contributed by atoms with Crippen molar-refractivity contribution >= 4 is 45.8 Å². The average molecular weight is 408 g/mol. The van der Waals surface area contributed by atoms with Gasteiger partial charge in [0.2, 0.25) is 0 Å². The summed E-state index contributed by atoms with van der Waals surface area (Å²) in [4.78, 5) is 7.86. The lowest BCUT2D eigenvalue weighted by Crippen LogP contribution is -2.29. The van der Waals surface area contributed by atoms with Crippen LogP contribution in [0, 0.1) is 5.82 Å². The Labute approximate surface area is 164 Å². The summed E-state index contributed by atoms with van der Waals surface area (Å²) in [5.74, 6) is 9.78. The lowest BCUT2D eigenvalue weighted by molar-refractivity contribution is 0.636. The van der Waals surface area contributed by atoms with Crippen molar-refractivity contribution in [1.29, 1.82) is 0 Å². The molecule has 10 heteroatoms. The van der Waals surface area contributed by atoms with E-state index in [0.29, 0.717) is 26.8 Å². The van der Waals surface area contributed by atoms with Gasteiger partial charge in [-0.25, -0.2) is 20.2 Å². The highest BCUT2D eigenvalue weighted by Gasteiger charge is 2.13. The molecule has 0 atom stereocenters. The van der Waals surface area contributed by atoms with Crippen LogP contribution < -0.4 is 22.8 Å². The SMILES string of the molecule is C=C/C(=N/N)NN.Nc1ncnc2c(F)ccc(-c3ccc(Cl)c(Cl)c3)c12. The van der Waals surface area contributed by atoms with Crippen molar-refractivity contribution in [2.45, 2.75) is 0 Å². The van der Waals surface area contributed by atoms with E-state index in [1.54, 1.807) is 24.3 Å². The zero-order valence-electron chi connectivity index (χ0n) is 14.0. The van der Waals surface area contributed by atoms with Gasteiger partial charge in [0.25, 0.3) is 0 Å². The van der Waals surface area contributed by atoms with Crippen LogP contribution >= 0.6 is 23.2 Å². The van der Waals surface area contributed by atoms with Crippen LogP contribution in [0.4, 0.5) is 10.2 Å². The predicted octanol–water partition coefficient (Wildman–Crippen LogP) is 3.23. The first-order valence-electron chi connectivity index (χ1n) is 7.44. The molecule has 140 valence electrons. The van der Waals surface area contributed by atoms with Crippen LogP contribution in [0.5, 0.6) is 0 Å². The predicted molar refractivity (Wildman–Crippen MR) is 109 cm³/mol. The molecule has 7 nitrogen and oxygen atoms in total. The van der Waals surface area contributed by atoms with Crippen molar-refractivity contribution < 1.29 is 4.39 Å². The van der Waals surface area contributed by atoms with Crippen LogP contribution in [0.1, 0.15) is 0 Å². The van der Waals surface area contributed by atoms with Crippen LogP contribution in [-0.2, 0) is 0 Å². The number of aromatic nitrogens is 2. The van der Waals surface area contributed by atoms with Gasteiger partial charge in [-0.15, -0.1) is 0 Å². The Kier molecular flexibility index (Phi) is 6.89. The minimum atomic E-state index is -0.446. The number of anilines is 1. The van der Waals surface area contributed by atoms with Crippen molar-refractivity contribution in [2.75, 3.05) is 5.73 Å². The lowest BCUT2D eigenvalue weighted by atomic mass is 10.0. The van der Waals surface area contributed by atoms with Crippen LogP contribution in [0.15, 0.2) is 54.4 Å². The molecule has 0 saturated carbocycles.